The highest BCUT2D eigenvalue weighted by molar-refractivity contribution is 7.22. The SMILES string of the molecule is Cl.Fc1ccccc1Nc1nc2cnccc2s1. The maximum atomic E-state index is 13.4. The molecule has 0 aliphatic heterocycles. The van der Waals surface area contributed by atoms with Gasteiger partial charge in [-0.25, -0.2) is 9.37 Å². The summed E-state index contributed by atoms with van der Waals surface area (Å²) < 4.78 is 14.5. The minimum absolute atomic E-state index is 0. The quantitative estimate of drug-likeness (QED) is 0.772. The van der Waals surface area contributed by atoms with Crippen LogP contribution in [0.15, 0.2) is 42.7 Å². The topological polar surface area (TPSA) is 37.8 Å². The van der Waals surface area contributed by atoms with E-state index in [1.54, 1.807) is 30.6 Å². The van der Waals surface area contributed by atoms with Crippen molar-refractivity contribution in [2.45, 2.75) is 0 Å². The number of halogens is 2. The summed E-state index contributed by atoms with van der Waals surface area (Å²) in [5, 5.41) is 3.63. The molecule has 6 heteroatoms. The molecule has 0 bridgehead atoms. The van der Waals surface area contributed by atoms with Crippen LogP contribution in [0.5, 0.6) is 0 Å². The van der Waals surface area contributed by atoms with Crippen LogP contribution in [0, 0.1) is 5.82 Å². The van der Waals surface area contributed by atoms with Gasteiger partial charge in [-0.05, 0) is 18.2 Å². The van der Waals surface area contributed by atoms with Gasteiger partial charge in [0.05, 0.1) is 16.6 Å². The first-order valence-corrected chi connectivity index (χ1v) is 5.87. The van der Waals surface area contributed by atoms with E-state index in [4.69, 9.17) is 0 Å². The van der Waals surface area contributed by atoms with Crippen LogP contribution < -0.4 is 5.32 Å². The minimum atomic E-state index is -0.287. The molecule has 3 aromatic rings. The lowest BCUT2D eigenvalue weighted by molar-refractivity contribution is 0.632. The van der Waals surface area contributed by atoms with Gasteiger partial charge in [0.2, 0.25) is 0 Å². The number of nitrogens with zero attached hydrogens (tertiary/aromatic N) is 2. The van der Waals surface area contributed by atoms with Gasteiger partial charge in [0, 0.05) is 6.20 Å². The van der Waals surface area contributed by atoms with Crippen molar-refractivity contribution in [2.75, 3.05) is 5.32 Å². The monoisotopic (exact) mass is 281 g/mol. The molecule has 0 radical (unpaired) electrons. The predicted octanol–water partition coefficient (Wildman–Crippen LogP) is 4.00. The van der Waals surface area contributed by atoms with Crippen molar-refractivity contribution in [2.24, 2.45) is 0 Å². The molecule has 0 aliphatic rings. The third-order valence-electron chi connectivity index (χ3n) is 2.31. The number of rotatable bonds is 2. The third kappa shape index (κ3) is 2.42. The average molecular weight is 282 g/mol. The zero-order valence-electron chi connectivity index (χ0n) is 9.13. The Hall–Kier alpha value is -1.72. The number of thiazole rings is 1. The molecule has 2 heterocycles. The lowest BCUT2D eigenvalue weighted by Gasteiger charge is -2.02. The van der Waals surface area contributed by atoms with E-state index in [1.165, 1.54) is 17.4 Å². The summed E-state index contributed by atoms with van der Waals surface area (Å²) in [4.78, 5) is 8.32. The number of pyridine rings is 1. The molecule has 1 N–H and O–H groups in total. The maximum absolute atomic E-state index is 13.4. The van der Waals surface area contributed by atoms with E-state index in [2.05, 4.69) is 15.3 Å². The lowest BCUT2D eigenvalue weighted by Crippen LogP contribution is -1.91. The molecule has 2 aromatic heterocycles. The number of anilines is 2. The van der Waals surface area contributed by atoms with Gasteiger partial charge < -0.3 is 5.32 Å². The molecule has 92 valence electrons. The second-order valence-electron chi connectivity index (χ2n) is 3.47. The standard InChI is InChI=1S/C12H8FN3S.ClH/c13-8-3-1-2-4-9(8)15-12-16-10-7-14-6-5-11(10)17-12;/h1-7H,(H,15,16);1H. The molecule has 0 unspecified atom stereocenters. The molecule has 1 aromatic carbocycles. The van der Waals surface area contributed by atoms with Crippen LogP contribution in [0.25, 0.3) is 10.2 Å². The van der Waals surface area contributed by atoms with Crippen molar-refractivity contribution in [3.05, 3.63) is 48.5 Å². The van der Waals surface area contributed by atoms with E-state index in [1.807, 2.05) is 6.07 Å². The molecular formula is C12H9ClFN3S. The molecule has 3 rings (SSSR count). The minimum Gasteiger partial charge on any atom is -0.329 e. The molecule has 0 atom stereocenters. The molecule has 0 amide bonds. The highest BCUT2D eigenvalue weighted by atomic mass is 35.5. The van der Waals surface area contributed by atoms with Gasteiger partial charge in [0.15, 0.2) is 5.13 Å². The van der Waals surface area contributed by atoms with Crippen LogP contribution in [0.3, 0.4) is 0 Å². The smallest absolute Gasteiger partial charge is 0.188 e. The van der Waals surface area contributed by atoms with E-state index in [0.717, 1.165) is 10.2 Å². The molecule has 18 heavy (non-hydrogen) atoms. The first-order valence-electron chi connectivity index (χ1n) is 5.05. The Bertz CT molecular complexity index is 638. The van der Waals surface area contributed by atoms with Crippen LogP contribution in [0.2, 0.25) is 0 Å². The van der Waals surface area contributed by atoms with E-state index < -0.39 is 0 Å². The summed E-state index contributed by atoms with van der Waals surface area (Å²) in [7, 11) is 0. The van der Waals surface area contributed by atoms with Gasteiger partial charge in [-0.1, -0.05) is 23.5 Å². The Morgan fingerprint density at radius 1 is 1.17 bits per heavy atom. The zero-order chi connectivity index (χ0) is 11.7. The van der Waals surface area contributed by atoms with Crippen molar-refractivity contribution < 1.29 is 4.39 Å². The molecule has 0 saturated heterocycles. The van der Waals surface area contributed by atoms with E-state index in [-0.39, 0.29) is 18.2 Å². The van der Waals surface area contributed by atoms with E-state index in [0.29, 0.717) is 10.8 Å². The molecule has 0 fully saturated rings. The summed E-state index contributed by atoms with van der Waals surface area (Å²) in [5.41, 5.74) is 1.25. The summed E-state index contributed by atoms with van der Waals surface area (Å²) in [6.45, 7) is 0. The number of hydrogen-bond acceptors (Lipinski definition) is 4. The van der Waals surface area contributed by atoms with Gasteiger partial charge in [-0.3, -0.25) is 4.98 Å². The van der Waals surface area contributed by atoms with Crippen LogP contribution in [-0.2, 0) is 0 Å². The first kappa shape index (κ1) is 12.7. The van der Waals surface area contributed by atoms with Crippen molar-refractivity contribution in [3.8, 4) is 0 Å². The molecule has 3 nitrogen and oxygen atoms in total. The van der Waals surface area contributed by atoms with Gasteiger partial charge in [-0.2, -0.15) is 0 Å². The number of nitrogens with one attached hydrogen (secondary N) is 1. The molecular weight excluding hydrogens is 273 g/mol. The van der Waals surface area contributed by atoms with E-state index in [9.17, 15) is 4.39 Å². The number of aromatic nitrogens is 2. The highest BCUT2D eigenvalue weighted by Gasteiger charge is 2.05. The summed E-state index contributed by atoms with van der Waals surface area (Å²) in [6, 6.07) is 8.42. The Morgan fingerprint density at radius 2 is 2.00 bits per heavy atom. The van der Waals surface area contributed by atoms with Crippen molar-refractivity contribution in [3.63, 3.8) is 0 Å². The molecule has 0 spiro atoms. The van der Waals surface area contributed by atoms with Crippen LogP contribution >= 0.6 is 23.7 Å². The highest BCUT2D eigenvalue weighted by Crippen LogP contribution is 2.28. The first-order chi connectivity index (χ1) is 8.33. The number of benzene rings is 1. The lowest BCUT2D eigenvalue weighted by atomic mass is 10.3. The normalized spacial score (nSPS) is 10.1. The Labute approximate surface area is 113 Å². The largest absolute Gasteiger partial charge is 0.329 e. The number of fused-ring (bicyclic) bond motifs is 1. The second kappa shape index (κ2) is 5.29. The third-order valence-corrected chi connectivity index (χ3v) is 3.26. The van der Waals surface area contributed by atoms with Crippen molar-refractivity contribution >= 4 is 44.8 Å². The fourth-order valence-corrected chi connectivity index (χ4v) is 2.36. The van der Waals surface area contributed by atoms with Gasteiger partial charge in [-0.15, -0.1) is 12.4 Å². The summed E-state index contributed by atoms with van der Waals surface area (Å²) in [6.07, 6.45) is 3.41. The zero-order valence-corrected chi connectivity index (χ0v) is 10.8. The Morgan fingerprint density at radius 3 is 2.78 bits per heavy atom. The van der Waals surface area contributed by atoms with Crippen molar-refractivity contribution in [1.29, 1.82) is 0 Å². The maximum Gasteiger partial charge on any atom is 0.188 e. The van der Waals surface area contributed by atoms with Gasteiger partial charge >= 0.3 is 0 Å². The van der Waals surface area contributed by atoms with Gasteiger partial charge in [0.1, 0.15) is 11.3 Å². The average Bonchev–Trinajstić information content (AvgIpc) is 2.74. The predicted molar refractivity (Wildman–Crippen MR) is 74.3 cm³/mol. The Kier molecular flexibility index (Phi) is 3.74. The number of hydrogen-bond donors (Lipinski definition) is 1. The fourth-order valence-electron chi connectivity index (χ4n) is 1.51. The fraction of sp³-hybridized carbons (Fsp3) is 0. The number of para-hydroxylation sites is 1. The van der Waals surface area contributed by atoms with Crippen molar-refractivity contribution in [1.82, 2.24) is 9.97 Å². The molecule has 0 aliphatic carbocycles. The molecule has 0 saturated carbocycles. The van der Waals surface area contributed by atoms with Gasteiger partial charge in [0.25, 0.3) is 0 Å². The summed E-state index contributed by atoms with van der Waals surface area (Å²) >= 11 is 1.47. The second-order valence-corrected chi connectivity index (χ2v) is 4.50. The van der Waals surface area contributed by atoms with Crippen LogP contribution in [0.1, 0.15) is 0 Å². The van der Waals surface area contributed by atoms with Crippen LogP contribution in [0.4, 0.5) is 15.2 Å². The van der Waals surface area contributed by atoms with Crippen LogP contribution in [-0.4, -0.2) is 9.97 Å². The van der Waals surface area contributed by atoms with E-state index >= 15 is 0 Å². The summed E-state index contributed by atoms with van der Waals surface area (Å²) in [5.74, 6) is -0.287. The Balaban J connectivity index is 0.00000120.